The number of rotatable bonds is 3. The van der Waals surface area contributed by atoms with E-state index < -0.39 is 0 Å². The summed E-state index contributed by atoms with van der Waals surface area (Å²) in [5.74, 6) is 1.78. The highest BCUT2D eigenvalue weighted by atomic mass is 16.6. The molecule has 1 aromatic heterocycles. The summed E-state index contributed by atoms with van der Waals surface area (Å²) in [4.78, 5) is 27.2. The molecule has 2 aliphatic heterocycles. The first-order valence-corrected chi connectivity index (χ1v) is 8.52. The van der Waals surface area contributed by atoms with E-state index >= 15 is 0 Å². The molecule has 0 spiro atoms. The average molecular weight is 319 g/mol. The number of nitrogens with zero attached hydrogens (tertiary/aromatic N) is 5. The van der Waals surface area contributed by atoms with Gasteiger partial charge >= 0.3 is 6.09 Å². The van der Waals surface area contributed by atoms with E-state index in [4.69, 9.17) is 9.72 Å². The molecule has 3 rings (SSSR count). The maximum atomic E-state index is 11.8. The van der Waals surface area contributed by atoms with Crippen LogP contribution >= 0.6 is 0 Å². The first kappa shape index (κ1) is 15.8. The minimum atomic E-state index is -0.219. The van der Waals surface area contributed by atoms with Crippen molar-refractivity contribution in [3.05, 3.63) is 12.3 Å². The molecule has 2 fully saturated rings. The molecular formula is C16H25N5O2. The molecule has 126 valence electrons. The van der Waals surface area contributed by atoms with Gasteiger partial charge in [-0.15, -0.1) is 0 Å². The lowest BCUT2D eigenvalue weighted by molar-refractivity contribution is 0.105. The number of hydrogen-bond acceptors (Lipinski definition) is 6. The maximum Gasteiger partial charge on any atom is 0.409 e. The van der Waals surface area contributed by atoms with Crippen molar-refractivity contribution in [2.75, 3.05) is 55.7 Å². The smallest absolute Gasteiger partial charge is 0.409 e. The largest absolute Gasteiger partial charge is 0.450 e. The van der Waals surface area contributed by atoms with E-state index in [0.717, 1.165) is 37.9 Å². The fraction of sp³-hybridized carbons (Fsp3) is 0.688. The summed E-state index contributed by atoms with van der Waals surface area (Å²) < 4.78 is 5.06. The zero-order valence-corrected chi connectivity index (χ0v) is 13.8. The van der Waals surface area contributed by atoms with Crippen LogP contribution in [0.15, 0.2) is 12.3 Å². The van der Waals surface area contributed by atoms with Crippen LogP contribution in [0.2, 0.25) is 0 Å². The van der Waals surface area contributed by atoms with Crippen molar-refractivity contribution in [3.63, 3.8) is 0 Å². The van der Waals surface area contributed by atoms with Gasteiger partial charge in [-0.3, -0.25) is 0 Å². The van der Waals surface area contributed by atoms with Crippen LogP contribution in [0.1, 0.15) is 26.2 Å². The summed E-state index contributed by atoms with van der Waals surface area (Å²) in [5.41, 5.74) is 0. The van der Waals surface area contributed by atoms with Gasteiger partial charge in [-0.1, -0.05) is 0 Å². The third kappa shape index (κ3) is 3.83. The van der Waals surface area contributed by atoms with Gasteiger partial charge in [0, 0.05) is 45.5 Å². The predicted octanol–water partition coefficient (Wildman–Crippen LogP) is 1.75. The Balaban J connectivity index is 1.61. The second-order valence-electron chi connectivity index (χ2n) is 5.94. The summed E-state index contributed by atoms with van der Waals surface area (Å²) >= 11 is 0. The molecule has 7 heteroatoms. The van der Waals surface area contributed by atoms with Crippen molar-refractivity contribution >= 4 is 17.9 Å². The van der Waals surface area contributed by atoms with Crippen molar-refractivity contribution < 1.29 is 9.53 Å². The number of piperidine rings is 1. The van der Waals surface area contributed by atoms with E-state index in [1.807, 2.05) is 19.2 Å². The molecular weight excluding hydrogens is 294 g/mol. The van der Waals surface area contributed by atoms with Gasteiger partial charge in [0.05, 0.1) is 6.61 Å². The van der Waals surface area contributed by atoms with Gasteiger partial charge in [0.15, 0.2) is 0 Å². The Kier molecular flexibility index (Phi) is 5.15. The summed E-state index contributed by atoms with van der Waals surface area (Å²) in [6, 6.07) is 1.95. The number of hydrogen-bond donors (Lipinski definition) is 0. The van der Waals surface area contributed by atoms with E-state index in [9.17, 15) is 4.79 Å². The number of amides is 1. The molecule has 0 bridgehead atoms. The standard InChI is InChI=1S/C16H25N5O2/c1-2-23-16(22)21-12-10-19(11-13-21)14-6-7-17-15(18-14)20-8-4-3-5-9-20/h6-7H,2-5,8-13H2,1H3. The highest BCUT2D eigenvalue weighted by molar-refractivity contribution is 5.68. The summed E-state index contributed by atoms with van der Waals surface area (Å²) in [6.45, 7) is 7.22. The van der Waals surface area contributed by atoms with Crippen LogP contribution in [-0.4, -0.2) is 66.8 Å². The van der Waals surface area contributed by atoms with Gasteiger partial charge in [-0.25, -0.2) is 9.78 Å². The van der Waals surface area contributed by atoms with Crippen LogP contribution in [0.25, 0.3) is 0 Å². The maximum absolute atomic E-state index is 11.8. The number of carbonyl (C=O) groups excluding carboxylic acids is 1. The van der Waals surface area contributed by atoms with E-state index in [2.05, 4.69) is 14.8 Å². The van der Waals surface area contributed by atoms with E-state index in [1.165, 1.54) is 19.3 Å². The fourth-order valence-electron chi connectivity index (χ4n) is 3.09. The van der Waals surface area contributed by atoms with Crippen molar-refractivity contribution in [1.82, 2.24) is 14.9 Å². The van der Waals surface area contributed by atoms with Crippen LogP contribution in [0.4, 0.5) is 16.6 Å². The Morgan fingerprint density at radius 1 is 1.09 bits per heavy atom. The molecule has 2 saturated heterocycles. The summed E-state index contributed by atoms with van der Waals surface area (Å²) in [5, 5.41) is 0. The van der Waals surface area contributed by atoms with Gasteiger partial charge in [-0.2, -0.15) is 4.98 Å². The molecule has 2 aliphatic rings. The first-order valence-electron chi connectivity index (χ1n) is 8.52. The minimum absolute atomic E-state index is 0.219. The second-order valence-corrected chi connectivity index (χ2v) is 5.94. The summed E-state index contributed by atoms with van der Waals surface area (Å²) in [6.07, 6.45) is 5.34. The Morgan fingerprint density at radius 3 is 2.52 bits per heavy atom. The Morgan fingerprint density at radius 2 is 1.83 bits per heavy atom. The van der Waals surface area contributed by atoms with Crippen LogP contribution < -0.4 is 9.80 Å². The van der Waals surface area contributed by atoms with Gasteiger partial charge in [0.25, 0.3) is 0 Å². The lowest BCUT2D eigenvalue weighted by Crippen LogP contribution is -2.49. The van der Waals surface area contributed by atoms with Gasteiger partial charge in [-0.05, 0) is 32.3 Å². The monoisotopic (exact) mass is 319 g/mol. The highest BCUT2D eigenvalue weighted by Gasteiger charge is 2.23. The third-order valence-electron chi connectivity index (χ3n) is 4.40. The highest BCUT2D eigenvalue weighted by Crippen LogP contribution is 2.20. The predicted molar refractivity (Wildman–Crippen MR) is 88.9 cm³/mol. The molecule has 0 N–H and O–H groups in total. The molecule has 0 aromatic carbocycles. The van der Waals surface area contributed by atoms with Crippen LogP contribution in [-0.2, 0) is 4.74 Å². The zero-order chi connectivity index (χ0) is 16.1. The molecule has 0 unspecified atom stereocenters. The molecule has 1 aromatic rings. The SMILES string of the molecule is CCOC(=O)N1CCN(c2ccnc(N3CCCCC3)n2)CC1. The fourth-order valence-corrected chi connectivity index (χ4v) is 3.09. The lowest BCUT2D eigenvalue weighted by atomic mass is 10.1. The topological polar surface area (TPSA) is 61.8 Å². The van der Waals surface area contributed by atoms with Crippen molar-refractivity contribution in [2.45, 2.75) is 26.2 Å². The van der Waals surface area contributed by atoms with E-state index in [1.54, 1.807) is 4.90 Å². The number of ether oxygens (including phenoxy) is 1. The molecule has 1 amide bonds. The Labute approximate surface area is 137 Å². The first-order chi connectivity index (χ1) is 11.3. The molecule has 0 saturated carbocycles. The molecule has 0 atom stereocenters. The van der Waals surface area contributed by atoms with E-state index in [0.29, 0.717) is 19.7 Å². The quantitative estimate of drug-likeness (QED) is 0.846. The molecule has 0 radical (unpaired) electrons. The lowest BCUT2D eigenvalue weighted by Gasteiger charge is -2.35. The Bertz CT molecular complexity index is 525. The van der Waals surface area contributed by atoms with Gasteiger partial charge in [0.2, 0.25) is 5.95 Å². The van der Waals surface area contributed by atoms with Crippen molar-refractivity contribution in [3.8, 4) is 0 Å². The molecule has 7 nitrogen and oxygen atoms in total. The normalized spacial score (nSPS) is 18.9. The molecule has 23 heavy (non-hydrogen) atoms. The number of piperazine rings is 1. The minimum Gasteiger partial charge on any atom is -0.450 e. The summed E-state index contributed by atoms with van der Waals surface area (Å²) in [7, 11) is 0. The van der Waals surface area contributed by atoms with Crippen LogP contribution in [0, 0.1) is 0 Å². The zero-order valence-electron chi connectivity index (χ0n) is 13.8. The molecule has 0 aliphatic carbocycles. The van der Waals surface area contributed by atoms with Gasteiger partial charge in [0.1, 0.15) is 5.82 Å². The van der Waals surface area contributed by atoms with Crippen molar-refractivity contribution in [2.24, 2.45) is 0 Å². The average Bonchev–Trinajstić information content (AvgIpc) is 2.63. The van der Waals surface area contributed by atoms with Crippen LogP contribution in [0.5, 0.6) is 0 Å². The van der Waals surface area contributed by atoms with Crippen molar-refractivity contribution in [1.29, 1.82) is 0 Å². The van der Waals surface area contributed by atoms with Gasteiger partial charge < -0.3 is 19.4 Å². The molecule has 3 heterocycles. The number of carbonyl (C=O) groups is 1. The van der Waals surface area contributed by atoms with Crippen LogP contribution in [0.3, 0.4) is 0 Å². The Hall–Kier alpha value is -2.05. The second kappa shape index (κ2) is 7.48. The van der Waals surface area contributed by atoms with E-state index in [-0.39, 0.29) is 6.09 Å². The number of anilines is 2. The third-order valence-corrected chi connectivity index (χ3v) is 4.40. The number of aromatic nitrogens is 2.